The largest absolute Gasteiger partial charge is 0.464 e. The third kappa shape index (κ3) is 9.20. The van der Waals surface area contributed by atoms with Crippen LogP contribution in [0.15, 0.2) is 60.9 Å². The Hall–Kier alpha value is -6.73. The number of carbonyl (C=O) groups excluding carboxylic acids is 4. The highest BCUT2D eigenvalue weighted by Gasteiger charge is 2.44. The third-order valence-corrected chi connectivity index (χ3v) is 15.9. The topological polar surface area (TPSA) is 198 Å². The van der Waals surface area contributed by atoms with Crippen molar-refractivity contribution in [2.24, 2.45) is 17.3 Å². The first kappa shape index (κ1) is 48.9. The first-order valence-corrected chi connectivity index (χ1v) is 25.7. The van der Waals surface area contributed by atoms with E-state index in [0.29, 0.717) is 85.5 Å². The van der Waals surface area contributed by atoms with Crippen molar-refractivity contribution in [1.82, 2.24) is 44.9 Å². The molecule has 0 aliphatic carbocycles. The lowest BCUT2D eigenvalue weighted by Crippen LogP contribution is -2.55. The number of nitrogens with one attached hydrogen (secondary N) is 4. The fraction of sp³-hybridized carbons (Fsp3) is 0.472. The summed E-state index contributed by atoms with van der Waals surface area (Å²) in [5.41, 5.74) is 4.45. The minimum Gasteiger partial charge on any atom is -0.464 e. The highest BCUT2D eigenvalue weighted by Crippen LogP contribution is 2.48. The predicted octanol–water partition coefficient (Wildman–Crippen LogP) is 9.29. The number of imidazole rings is 2. The third-order valence-electron chi connectivity index (χ3n) is 14.6. The summed E-state index contributed by atoms with van der Waals surface area (Å²) in [5.74, 6) is 0.338. The van der Waals surface area contributed by atoms with Gasteiger partial charge in [-0.05, 0) is 92.3 Å². The summed E-state index contributed by atoms with van der Waals surface area (Å²) in [6.07, 6.45) is 6.00. The molecule has 4 aliphatic rings. The van der Waals surface area contributed by atoms with Gasteiger partial charge in [0.25, 0.3) is 0 Å². The Kier molecular flexibility index (Phi) is 13.4. The number of nitrogens with zero attached hydrogens (tertiary/aromatic N) is 5. The maximum Gasteiger partial charge on any atom is 0.407 e. The SMILES string of the molecule is CCc1ccc(C2Oc3cc(-c4cnc([C@@H]5CCCN5C(=O)[C@@H](NC(=O)OC)C(C)C)[nH]4)cc(F)c3-c3cc4cc(-c5cnc([C@@H]6CCCN6C(=O)[C@H](NC(=O)OC)C6COCC(C)(C)C6)[nH]5)ccc4n32)s1. The summed E-state index contributed by atoms with van der Waals surface area (Å²) in [4.78, 5) is 75.1. The Balaban J connectivity index is 0.945. The second-order valence-electron chi connectivity index (χ2n) is 20.5. The maximum atomic E-state index is 16.9. The van der Waals surface area contributed by atoms with Crippen LogP contribution in [0.25, 0.3) is 44.7 Å². The number of aromatic nitrogens is 5. The lowest BCUT2D eigenvalue weighted by atomic mass is 9.78. The Labute approximate surface area is 421 Å². The van der Waals surface area contributed by atoms with Crippen LogP contribution in [0.5, 0.6) is 5.75 Å². The van der Waals surface area contributed by atoms with E-state index in [1.807, 2.05) is 43.0 Å². The van der Waals surface area contributed by atoms with Gasteiger partial charge in [0.2, 0.25) is 18.0 Å². The molecule has 0 bridgehead atoms. The zero-order valence-electron chi connectivity index (χ0n) is 41.7. The molecule has 0 spiro atoms. The van der Waals surface area contributed by atoms with Gasteiger partial charge in [-0.25, -0.2) is 23.9 Å². The summed E-state index contributed by atoms with van der Waals surface area (Å²) in [7, 11) is 2.56. The molecule has 4 aromatic heterocycles. The van der Waals surface area contributed by atoms with E-state index >= 15 is 4.39 Å². The minimum absolute atomic E-state index is 0.153. The van der Waals surface area contributed by atoms with Crippen LogP contribution in [0.4, 0.5) is 14.0 Å². The molecule has 2 aromatic carbocycles. The zero-order valence-corrected chi connectivity index (χ0v) is 42.5. The van der Waals surface area contributed by atoms with E-state index in [9.17, 15) is 19.2 Å². The van der Waals surface area contributed by atoms with E-state index in [-0.39, 0.29) is 41.1 Å². The van der Waals surface area contributed by atoms with Gasteiger partial charge in [-0.2, -0.15) is 0 Å². The number of aromatic amines is 2. The van der Waals surface area contributed by atoms with Gasteiger partial charge in [0.1, 0.15) is 35.3 Å². The molecule has 4 amide bonds. The van der Waals surface area contributed by atoms with Crippen molar-refractivity contribution in [1.29, 1.82) is 0 Å². The Morgan fingerprint density at radius 3 is 2.18 bits per heavy atom. The fourth-order valence-corrected chi connectivity index (χ4v) is 12.1. The molecule has 3 saturated heterocycles. The molecule has 4 N–H and O–H groups in total. The van der Waals surface area contributed by atoms with Crippen LogP contribution in [0, 0.1) is 23.1 Å². The van der Waals surface area contributed by atoms with Crippen LogP contribution in [0.2, 0.25) is 0 Å². The number of halogens is 1. The van der Waals surface area contributed by atoms with Crippen molar-refractivity contribution >= 4 is 46.2 Å². The predicted molar refractivity (Wildman–Crippen MR) is 269 cm³/mol. The standard InChI is InChI=1S/C53H62FN9O8S/c1-8-33-14-16-42(72-33)50-63-37-15-13-29(35-24-55-46(57-35)39-12-10-18-62(39)49(65)45(60-52(67)69-7)32-23-53(4,5)27-70-26-32)19-31(37)21-40(63)43-34(54)20-30(22-41(43)71-50)36-25-56-47(58-36)38-11-9-17-61(38)48(64)44(28(2)3)59-51(66)68-6/h13-16,19-22,24-25,28,32,38-39,44-45,50H,8-12,17-18,23,26-27H2,1-7H3,(H,55,57)(H,56,58)(H,59,66)(H,60,67)/t32?,38-,39-,44-,45+,50?/m0/s1. The molecule has 4 aliphatic heterocycles. The molecule has 380 valence electrons. The highest BCUT2D eigenvalue weighted by molar-refractivity contribution is 7.12. The van der Waals surface area contributed by atoms with Crippen molar-refractivity contribution in [3.05, 3.63) is 88.1 Å². The number of methoxy groups -OCH3 is 2. The Morgan fingerprint density at radius 1 is 0.875 bits per heavy atom. The molecule has 8 heterocycles. The molecular formula is C53H62FN9O8S. The van der Waals surface area contributed by atoms with E-state index in [1.54, 1.807) is 28.6 Å². The summed E-state index contributed by atoms with van der Waals surface area (Å²) >= 11 is 1.66. The fourth-order valence-electron chi connectivity index (χ4n) is 11.1. The molecule has 17 nitrogen and oxygen atoms in total. The smallest absolute Gasteiger partial charge is 0.407 e. The quantitative estimate of drug-likeness (QED) is 0.0917. The number of likely N-dealkylation sites (tertiary alicyclic amines) is 2. The monoisotopic (exact) mass is 1000 g/mol. The summed E-state index contributed by atoms with van der Waals surface area (Å²) in [6.45, 7) is 12.0. The van der Waals surface area contributed by atoms with E-state index in [0.717, 1.165) is 46.3 Å². The van der Waals surface area contributed by atoms with Crippen LogP contribution in [0.1, 0.15) is 106 Å². The number of ether oxygens (including phenoxy) is 4. The number of fused-ring (bicyclic) bond motifs is 5. The van der Waals surface area contributed by atoms with Crippen LogP contribution in [-0.4, -0.2) is 111 Å². The van der Waals surface area contributed by atoms with E-state index in [1.165, 1.54) is 25.2 Å². The Morgan fingerprint density at radius 2 is 1.54 bits per heavy atom. The number of hydrogen-bond acceptors (Lipinski definition) is 11. The second kappa shape index (κ2) is 19.7. The zero-order chi connectivity index (χ0) is 50.6. The van der Waals surface area contributed by atoms with Gasteiger partial charge in [-0.3, -0.25) is 14.2 Å². The number of rotatable bonds is 12. The molecule has 10 rings (SSSR count). The van der Waals surface area contributed by atoms with E-state index < -0.39 is 36.3 Å². The van der Waals surface area contributed by atoms with Crippen molar-refractivity contribution in [2.75, 3.05) is 40.5 Å². The van der Waals surface area contributed by atoms with Crippen LogP contribution >= 0.6 is 11.3 Å². The van der Waals surface area contributed by atoms with E-state index in [2.05, 4.69) is 64.1 Å². The van der Waals surface area contributed by atoms with Crippen LogP contribution in [0.3, 0.4) is 0 Å². The van der Waals surface area contributed by atoms with Gasteiger partial charge in [0.05, 0.1) is 84.9 Å². The average molecular weight is 1000 g/mol. The summed E-state index contributed by atoms with van der Waals surface area (Å²) < 4.78 is 41.5. The number of H-pyrrole nitrogens is 2. The molecule has 0 saturated carbocycles. The maximum absolute atomic E-state index is 16.9. The normalized spacial score (nSPS) is 21.2. The molecule has 19 heteroatoms. The first-order valence-electron chi connectivity index (χ1n) is 24.9. The van der Waals surface area contributed by atoms with Gasteiger partial charge in [0, 0.05) is 40.4 Å². The number of thiophene rings is 1. The number of hydrogen-bond donors (Lipinski definition) is 4. The number of amides is 4. The number of aryl methyl sites for hydroxylation is 1. The number of alkyl carbamates (subject to hydrolysis) is 2. The lowest BCUT2D eigenvalue weighted by Gasteiger charge is -2.39. The number of benzene rings is 2. The molecule has 72 heavy (non-hydrogen) atoms. The lowest BCUT2D eigenvalue weighted by molar-refractivity contribution is -0.139. The molecule has 0 radical (unpaired) electrons. The number of carbonyl (C=O) groups is 4. The summed E-state index contributed by atoms with van der Waals surface area (Å²) in [5, 5.41) is 6.39. The van der Waals surface area contributed by atoms with Gasteiger partial charge >= 0.3 is 12.2 Å². The summed E-state index contributed by atoms with van der Waals surface area (Å²) in [6, 6.07) is 13.3. The van der Waals surface area contributed by atoms with Crippen molar-refractivity contribution in [3.8, 4) is 39.5 Å². The average Bonchev–Trinajstić information content (AvgIpc) is 4.23. The highest BCUT2D eigenvalue weighted by atomic mass is 32.1. The molecule has 2 unspecified atom stereocenters. The van der Waals surface area contributed by atoms with Crippen LogP contribution < -0.4 is 15.4 Å². The van der Waals surface area contributed by atoms with Crippen molar-refractivity contribution < 1.29 is 42.5 Å². The minimum atomic E-state index is -0.819. The van der Waals surface area contributed by atoms with Gasteiger partial charge < -0.3 is 49.3 Å². The van der Waals surface area contributed by atoms with Gasteiger partial charge in [-0.1, -0.05) is 40.7 Å². The Bertz CT molecular complexity index is 3030. The second-order valence-corrected chi connectivity index (χ2v) is 21.7. The van der Waals surface area contributed by atoms with E-state index in [4.69, 9.17) is 28.9 Å². The van der Waals surface area contributed by atoms with Crippen LogP contribution in [-0.2, 0) is 30.2 Å². The van der Waals surface area contributed by atoms with Crippen molar-refractivity contribution in [2.45, 2.75) is 104 Å². The molecule has 6 atom stereocenters. The first-order chi connectivity index (χ1) is 34.6. The van der Waals surface area contributed by atoms with Gasteiger partial charge in [-0.15, -0.1) is 11.3 Å². The molecule has 3 fully saturated rings. The van der Waals surface area contributed by atoms with Gasteiger partial charge in [0.15, 0.2) is 0 Å². The molecular weight excluding hydrogens is 942 g/mol. The molecule has 6 aromatic rings. The van der Waals surface area contributed by atoms with Crippen molar-refractivity contribution in [3.63, 3.8) is 0 Å².